The number of anilines is 1. The molecule has 2 N–H and O–H groups in total. The number of benzene rings is 2. The van der Waals surface area contributed by atoms with Crippen LogP contribution in [0.1, 0.15) is 34.8 Å². The highest BCUT2D eigenvalue weighted by Crippen LogP contribution is 2.13. The standard InChI is InChI=1S/C18H19N3O3S/c1-2-10-25(23,24)21-17-5-3-4-16(11-17)18(22)20-13-15-8-6-14(12-19)7-9-15/h3-9,11,21H,2,10,13H2,1H3,(H,20,22). The predicted molar refractivity (Wildman–Crippen MR) is 96.5 cm³/mol. The fourth-order valence-electron chi connectivity index (χ4n) is 2.20. The Morgan fingerprint density at radius 1 is 1.16 bits per heavy atom. The van der Waals surface area contributed by atoms with Crippen molar-refractivity contribution in [3.8, 4) is 6.07 Å². The highest BCUT2D eigenvalue weighted by molar-refractivity contribution is 7.92. The molecule has 0 aliphatic carbocycles. The van der Waals surface area contributed by atoms with Crippen LogP contribution >= 0.6 is 0 Å². The number of nitrogens with zero attached hydrogens (tertiary/aromatic N) is 1. The number of nitriles is 1. The van der Waals surface area contributed by atoms with Gasteiger partial charge in [0.15, 0.2) is 0 Å². The largest absolute Gasteiger partial charge is 0.348 e. The van der Waals surface area contributed by atoms with Crippen molar-refractivity contribution >= 4 is 21.6 Å². The molecule has 0 atom stereocenters. The second-order valence-corrected chi connectivity index (χ2v) is 7.34. The molecule has 25 heavy (non-hydrogen) atoms. The molecular formula is C18H19N3O3S. The maximum Gasteiger partial charge on any atom is 0.251 e. The summed E-state index contributed by atoms with van der Waals surface area (Å²) in [4.78, 5) is 12.2. The lowest BCUT2D eigenvalue weighted by Gasteiger charge is -2.09. The topological polar surface area (TPSA) is 99.1 Å². The Bertz CT molecular complexity index is 885. The number of carbonyl (C=O) groups is 1. The molecule has 0 spiro atoms. The smallest absolute Gasteiger partial charge is 0.251 e. The van der Waals surface area contributed by atoms with Gasteiger partial charge in [-0.1, -0.05) is 25.1 Å². The van der Waals surface area contributed by atoms with Gasteiger partial charge in [-0.25, -0.2) is 8.42 Å². The fraction of sp³-hybridized carbons (Fsp3) is 0.222. The van der Waals surface area contributed by atoms with E-state index < -0.39 is 10.0 Å². The van der Waals surface area contributed by atoms with Gasteiger partial charge in [-0.05, 0) is 42.3 Å². The van der Waals surface area contributed by atoms with Gasteiger partial charge in [0.2, 0.25) is 10.0 Å². The number of rotatable bonds is 7. The number of hydrogen-bond acceptors (Lipinski definition) is 4. The van der Waals surface area contributed by atoms with Crippen molar-refractivity contribution in [3.05, 3.63) is 65.2 Å². The molecule has 7 heteroatoms. The van der Waals surface area contributed by atoms with Gasteiger partial charge < -0.3 is 5.32 Å². The quantitative estimate of drug-likeness (QED) is 0.796. The summed E-state index contributed by atoms with van der Waals surface area (Å²) in [6, 6.07) is 15.3. The van der Waals surface area contributed by atoms with Crippen LogP contribution in [-0.2, 0) is 16.6 Å². The van der Waals surface area contributed by atoms with E-state index in [2.05, 4.69) is 10.0 Å². The van der Waals surface area contributed by atoms with Crippen molar-refractivity contribution in [3.63, 3.8) is 0 Å². The SMILES string of the molecule is CCCS(=O)(=O)Nc1cccc(C(=O)NCc2ccc(C#N)cc2)c1. The van der Waals surface area contributed by atoms with Gasteiger partial charge in [-0.15, -0.1) is 0 Å². The maximum absolute atomic E-state index is 12.2. The Morgan fingerprint density at radius 2 is 1.88 bits per heavy atom. The lowest BCUT2D eigenvalue weighted by atomic mass is 10.1. The summed E-state index contributed by atoms with van der Waals surface area (Å²) in [6.45, 7) is 2.10. The number of carbonyl (C=O) groups excluding carboxylic acids is 1. The van der Waals surface area contributed by atoms with E-state index in [-0.39, 0.29) is 11.7 Å². The minimum atomic E-state index is -3.40. The van der Waals surface area contributed by atoms with Crippen LogP contribution in [0.3, 0.4) is 0 Å². The Morgan fingerprint density at radius 3 is 2.52 bits per heavy atom. The number of sulfonamides is 1. The van der Waals surface area contributed by atoms with Crippen LogP contribution in [0.4, 0.5) is 5.69 Å². The molecule has 0 saturated heterocycles. The number of hydrogen-bond donors (Lipinski definition) is 2. The van der Waals surface area contributed by atoms with E-state index in [1.54, 1.807) is 49.4 Å². The first-order chi connectivity index (χ1) is 11.9. The lowest BCUT2D eigenvalue weighted by Crippen LogP contribution is -2.23. The van der Waals surface area contributed by atoms with Crippen molar-refractivity contribution in [2.75, 3.05) is 10.5 Å². The van der Waals surface area contributed by atoms with Gasteiger partial charge in [0, 0.05) is 17.8 Å². The van der Waals surface area contributed by atoms with E-state index in [4.69, 9.17) is 5.26 Å². The molecule has 1 amide bonds. The van der Waals surface area contributed by atoms with Gasteiger partial charge >= 0.3 is 0 Å². The van der Waals surface area contributed by atoms with Crippen LogP contribution in [0.25, 0.3) is 0 Å². The summed E-state index contributed by atoms with van der Waals surface area (Å²) < 4.78 is 26.1. The summed E-state index contributed by atoms with van der Waals surface area (Å²) in [5, 5.41) is 11.5. The number of amides is 1. The third-order valence-electron chi connectivity index (χ3n) is 3.41. The molecule has 0 aromatic heterocycles. The lowest BCUT2D eigenvalue weighted by molar-refractivity contribution is 0.0951. The molecule has 130 valence electrons. The zero-order chi connectivity index (χ0) is 18.3. The summed E-state index contributed by atoms with van der Waals surface area (Å²) >= 11 is 0. The molecule has 6 nitrogen and oxygen atoms in total. The predicted octanol–water partition coefficient (Wildman–Crippen LogP) is 2.64. The third-order valence-corrected chi connectivity index (χ3v) is 4.90. The van der Waals surface area contributed by atoms with Crippen molar-refractivity contribution in [2.24, 2.45) is 0 Å². The Labute approximate surface area is 147 Å². The normalized spacial score (nSPS) is 10.7. The van der Waals surface area contributed by atoms with Gasteiger partial charge in [0.1, 0.15) is 0 Å². The van der Waals surface area contributed by atoms with Gasteiger partial charge in [0.05, 0.1) is 17.4 Å². The molecule has 2 aromatic rings. The zero-order valence-electron chi connectivity index (χ0n) is 13.8. The first-order valence-corrected chi connectivity index (χ1v) is 9.46. The van der Waals surface area contributed by atoms with Gasteiger partial charge in [0.25, 0.3) is 5.91 Å². The van der Waals surface area contributed by atoms with Crippen LogP contribution in [0.15, 0.2) is 48.5 Å². The van der Waals surface area contributed by atoms with E-state index >= 15 is 0 Å². The van der Waals surface area contributed by atoms with Crippen molar-refractivity contribution in [2.45, 2.75) is 19.9 Å². The maximum atomic E-state index is 12.2. The summed E-state index contributed by atoms with van der Waals surface area (Å²) in [6.07, 6.45) is 0.514. The monoisotopic (exact) mass is 357 g/mol. The van der Waals surface area contributed by atoms with Crippen LogP contribution in [0.5, 0.6) is 0 Å². The van der Waals surface area contributed by atoms with E-state index in [1.165, 1.54) is 6.07 Å². The van der Waals surface area contributed by atoms with E-state index in [0.29, 0.717) is 29.8 Å². The molecule has 2 rings (SSSR count). The highest BCUT2D eigenvalue weighted by atomic mass is 32.2. The molecule has 0 saturated carbocycles. The highest BCUT2D eigenvalue weighted by Gasteiger charge is 2.11. The summed E-state index contributed by atoms with van der Waals surface area (Å²) in [7, 11) is -3.40. The molecular weight excluding hydrogens is 338 g/mol. The zero-order valence-corrected chi connectivity index (χ0v) is 14.6. The molecule has 0 bridgehead atoms. The molecule has 0 aliphatic rings. The molecule has 2 aromatic carbocycles. The van der Waals surface area contributed by atoms with Gasteiger partial charge in [-0.3, -0.25) is 9.52 Å². The minimum absolute atomic E-state index is 0.0299. The average molecular weight is 357 g/mol. The van der Waals surface area contributed by atoms with Crippen LogP contribution < -0.4 is 10.0 Å². The van der Waals surface area contributed by atoms with E-state index in [1.807, 2.05) is 6.07 Å². The minimum Gasteiger partial charge on any atom is -0.348 e. The van der Waals surface area contributed by atoms with Crippen LogP contribution in [0.2, 0.25) is 0 Å². The molecule has 0 aliphatic heterocycles. The molecule has 0 radical (unpaired) electrons. The van der Waals surface area contributed by atoms with Crippen LogP contribution in [0, 0.1) is 11.3 Å². The molecule has 0 fully saturated rings. The second kappa shape index (κ2) is 8.31. The third kappa shape index (κ3) is 5.62. The molecule has 0 unspecified atom stereocenters. The van der Waals surface area contributed by atoms with E-state index in [0.717, 1.165) is 5.56 Å². The van der Waals surface area contributed by atoms with Crippen molar-refractivity contribution < 1.29 is 13.2 Å². The van der Waals surface area contributed by atoms with E-state index in [9.17, 15) is 13.2 Å². The van der Waals surface area contributed by atoms with Crippen molar-refractivity contribution in [1.29, 1.82) is 5.26 Å². The number of nitrogens with one attached hydrogen (secondary N) is 2. The second-order valence-electron chi connectivity index (χ2n) is 5.49. The Balaban J connectivity index is 2.02. The van der Waals surface area contributed by atoms with Gasteiger partial charge in [-0.2, -0.15) is 5.26 Å². The van der Waals surface area contributed by atoms with Crippen LogP contribution in [-0.4, -0.2) is 20.1 Å². The van der Waals surface area contributed by atoms with Crippen molar-refractivity contribution in [1.82, 2.24) is 5.32 Å². The fourth-order valence-corrected chi connectivity index (χ4v) is 3.33. The summed E-state index contributed by atoms with van der Waals surface area (Å²) in [5.41, 5.74) is 2.15. The summed E-state index contributed by atoms with van der Waals surface area (Å²) in [5.74, 6) is -0.275. The first-order valence-electron chi connectivity index (χ1n) is 7.81. The molecule has 0 heterocycles. The first kappa shape index (κ1) is 18.5. The average Bonchev–Trinajstić information content (AvgIpc) is 2.59. The Kier molecular flexibility index (Phi) is 6.14. The Hall–Kier alpha value is -2.85.